The third-order valence-electron chi connectivity index (χ3n) is 2.87. The fraction of sp³-hybridized carbons (Fsp3) is 0.833. The third kappa shape index (κ3) is 2.97. The minimum Gasteiger partial charge on any atom is -0.465 e. The van der Waals surface area contributed by atoms with Gasteiger partial charge in [-0.1, -0.05) is 0 Å². The minimum absolute atomic E-state index is 0.0128. The van der Waals surface area contributed by atoms with Crippen LogP contribution in [0.5, 0.6) is 0 Å². The predicted octanol–water partition coefficient (Wildman–Crippen LogP) is 2.06. The summed E-state index contributed by atoms with van der Waals surface area (Å²) < 4.78 is 10.2. The molecule has 0 saturated heterocycles. The molecule has 16 heavy (non-hydrogen) atoms. The molecule has 1 aliphatic carbocycles. The van der Waals surface area contributed by atoms with E-state index in [1.165, 1.54) is 0 Å². The molecule has 0 N–H and O–H groups in total. The summed E-state index contributed by atoms with van der Waals surface area (Å²) in [4.78, 5) is 23.4. The zero-order valence-electron chi connectivity index (χ0n) is 10.2. The van der Waals surface area contributed by atoms with E-state index < -0.39 is 17.4 Å². The maximum absolute atomic E-state index is 11.8. The van der Waals surface area contributed by atoms with Crippen LogP contribution in [0.1, 0.15) is 46.5 Å². The van der Waals surface area contributed by atoms with Crippen LogP contribution >= 0.6 is 0 Å². The SMILES string of the molecule is CCOC(=O)C(C)(C)C(=O)OC1CCCC1. The molecule has 0 unspecified atom stereocenters. The fourth-order valence-electron chi connectivity index (χ4n) is 1.70. The van der Waals surface area contributed by atoms with Crippen LogP contribution in [-0.4, -0.2) is 24.6 Å². The Balaban J connectivity index is 2.53. The van der Waals surface area contributed by atoms with Gasteiger partial charge in [-0.3, -0.25) is 9.59 Å². The van der Waals surface area contributed by atoms with Crippen LogP contribution in [0.15, 0.2) is 0 Å². The highest BCUT2D eigenvalue weighted by atomic mass is 16.6. The molecule has 0 aromatic rings. The van der Waals surface area contributed by atoms with Crippen molar-refractivity contribution in [2.75, 3.05) is 6.61 Å². The monoisotopic (exact) mass is 228 g/mol. The van der Waals surface area contributed by atoms with Crippen molar-refractivity contribution in [3.05, 3.63) is 0 Å². The average Bonchev–Trinajstić information content (AvgIpc) is 2.70. The Kier molecular flexibility index (Phi) is 4.33. The van der Waals surface area contributed by atoms with Gasteiger partial charge < -0.3 is 9.47 Å². The lowest BCUT2D eigenvalue weighted by Gasteiger charge is -2.22. The summed E-state index contributed by atoms with van der Waals surface area (Å²) in [5, 5.41) is 0. The molecule has 1 saturated carbocycles. The van der Waals surface area contributed by atoms with Crippen molar-refractivity contribution in [1.82, 2.24) is 0 Å². The molecule has 0 amide bonds. The number of esters is 2. The summed E-state index contributed by atoms with van der Waals surface area (Å²) >= 11 is 0. The van der Waals surface area contributed by atoms with Gasteiger partial charge in [0, 0.05) is 0 Å². The number of ether oxygens (including phenoxy) is 2. The molecule has 4 nitrogen and oxygen atoms in total. The molecule has 0 spiro atoms. The molecular weight excluding hydrogens is 208 g/mol. The second-order valence-corrected chi connectivity index (χ2v) is 4.66. The van der Waals surface area contributed by atoms with E-state index in [-0.39, 0.29) is 12.7 Å². The summed E-state index contributed by atoms with van der Waals surface area (Å²) in [5.41, 5.74) is -1.20. The van der Waals surface area contributed by atoms with Crippen LogP contribution in [0.2, 0.25) is 0 Å². The standard InChI is InChI=1S/C12H20O4/c1-4-15-10(13)12(2,3)11(14)16-9-7-5-6-8-9/h9H,4-8H2,1-3H3. The summed E-state index contributed by atoms with van der Waals surface area (Å²) in [6, 6.07) is 0. The normalized spacial score (nSPS) is 17.2. The molecule has 4 heteroatoms. The Morgan fingerprint density at radius 2 is 1.75 bits per heavy atom. The molecule has 0 radical (unpaired) electrons. The molecule has 1 rings (SSSR count). The highest BCUT2D eigenvalue weighted by Gasteiger charge is 2.40. The van der Waals surface area contributed by atoms with Gasteiger partial charge in [-0.25, -0.2) is 0 Å². The Hall–Kier alpha value is -1.06. The van der Waals surface area contributed by atoms with E-state index in [0.29, 0.717) is 0 Å². The predicted molar refractivity (Wildman–Crippen MR) is 58.8 cm³/mol. The molecule has 0 atom stereocenters. The Morgan fingerprint density at radius 3 is 2.25 bits per heavy atom. The van der Waals surface area contributed by atoms with Crippen molar-refractivity contribution < 1.29 is 19.1 Å². The molecule has 0 heterocycles. The zero-order valence-corrected chi connectivity index (χ0v) is 10.2. The number of hydrogen-bond acceptors (Lipinski definition) is 4. The van der Waals surface area contributed by atoms with Gasteiger partial charge in [-0.2, -0.15) is 0 Å². The molecule has 0 aromatic carbocycles. The van der Waals surface area contributed by atoms with Gasteiger partial charge in [0.15, 0.2) is 5.41 Å². The summed E-state index contributed by atoms with van der Waals surface area (Å²) in [6.45, 7) is 5.08. The van der Waals surface area contributed by atoms with E-state index in [1.807, 2.05) is 0 Å². The number of rotatable bonds is 4. The second kappa shape index (κ2) is 5.32. The Bertz CT molecular complexity index is 264. The topological polar surface area (TPSA) is 52.6 Å². The van der Waals surface area contributed by atoms with Crippen LogP contribution < -0.4 is 0 Å². The van der Waals surface area contributed by atoms with E-state index in [1.54, 1.807) is 20.8 Å². The van der Waals surface area contributed by atoms with E-state index in [2.05, 4.69) is 0 Å². The van der Waals surface area contributed by atoms with E-state index in [4.69, 9.17) is 9.47 Å². The first kappa shape index (κ1) is 13.0. The molecular formula is C12H20O4. The average molecular weight is 228 g/mol. The van der Waals surface area contributed by atoms with Gasteiger partial charge >= 0.3 is 11.9 Å². The molecule has 92 valence electrons. The van der Waals surface area contributed by atoms with Crippen molar-refractivity contribution in [3.8, 4) is 0 Å². The van der Waals surface area contributed by atoms with Gasteiger partial charge in [-0.05, 0) is 46.5 Å². The fourth-order valence-corrected chi connectivity index (χ4v) is 1.70. The van der Waals surface area contributed by atoms with Crippen LogP contribution in [0, 0.1) is 5.41 Å². The zero-order chi connectivity index (χ0) is 12.2. The van der Waals surface area contributed by atoms with Gasteiger partial charge in [0.05, 0.1) is 6.61 Å². The lowest BCUT2D eigenvalue weighted by atomic mass is 9.94. The third-order valence-corrected chi connectivity index (χ3v) is 2.87. The van der Waals surface area contributed by atoms with E-state index in [0.717, 1.165) is 25.7 Å². The lowest BCUT2D eigenvalue weighted by Crippen LogP contribution is -2.38. The highest BCUT2D eigenvalue weighted by Crippen LogP contribution is 2.26. The van der Waals surface area contributed by atoms with Gasteiger partial charge in [-0.15, -0.1) is 0 Å². The summed E-state index contributed by atoms with van der Waals surface area (Å²) in [5.74, 6) is -0.990. The highest BCUT2D eigenvalue weighted by molar-refractivity contribution is 5.99. The molecule has 1 aliphatic rings. The molecule has 0 aliphatic heterocycles. The Labute approximate surface area is 96.3 Å². The first-order valence-electron chi connectivity index (χ1n) is 5.86. The van der Waals surface area contributed by atoms with Crippen LogP contribution in [0.4, 0.5) is 0 Å². The van der Waals surface area contributed by atoms with Gasteiger partial charge in [0.1, 0.15) is 6.10 Å². The van der Waals surface area contributed by atoms with Crippen molar-refractivity contribution in [2.45, 2.75) is 52.6 Å². The molecule has 0 aromatic heterocycles. The minimum atomic E-state index is -1.20. The first-order chi connectivity index (χ1) is 7.48. The van der Waals surface area contributed by atoms with Crippen molar-refractivity contribution in [3.63, 3.8) is 0 Å². The first-order valence-corrected chi connectivity index (χ1v) is 5.86. The summed E-state index contributed by atoms with van der Waals surface area (Å²) in [6.07, 6.45) is 3.99. The van der Waals surface area contributed by atoms with Crippen LogP contribution in [0.3, 0.4) is 0 Å². The quantitative estimate of drug-likeness (QED) is 0.546. The number of hydrogen-bond donors (Lipinski definition) is 0. The van der Waals surface area contributed by atoms with Crippen molar-refractivity contribution in [1.29, 1.82) is 0 Å². The maximum atomic E-state index is 11.8. The van der Waals surface area contributed by atoms with Crippen molar-refractivity contribution >= 4 is 11.9 Å². The number of carbonyl (C=O) groups excluding carboxylic acids is 2. The Morgan fingerprint density at radius 1 is 1.19 bits per heavy atom. The number of carbonyl (C=O) groups is 2. The maximum Gasteiger partial charge on any atom is 0.323 e. The lowest BCUT2D eigenvalue weighted by molar-refractivity contribution is -0.172. The summed E-state index contributed by atoms with van der Waals surface area (Å²) in [7, 11) is 0. The largest absolute Gasteiger partial charge is 0.465 e. The molecule has 0 bridgehead atoms. The van der Waals surface area contributed by atoms with Gasteiger partial charge in [0.25, 0.3) is 0 Å². The van der Waals surface area contributed by atoms with Crippen LogP contribution in [0.25, 0.3) is 0 Å². The second-order valence-electron chi connectivity index (χ2n) is 4.66. The van der Waals surface area contributed by atoms with Gasteiger partial charge in [0.2, 0.25) is 0 Å². The molecule has 1 fully saturated rings. The smallest absolute Gasteiger partial charge is 0.323 e. The van der Waals surface area contributed by atoms with Crippen LogP contribution in [-0.2, 0) is 19.1 Å². The van der Waals surface area contributed by atoms with E-state index >= 15 is 0 Å². The van der Waals surface area contributed by atoms with Crippen molar-refractivity contribution in [2.24, 2.45) is 5.41 Å². The van der Waals surface area contributed by atoms with E-state index in [9.17, 15) is 9.59 Å².